The lowest BCUT2D eigenvalue weighted by Crippen LogP contribution is -2.52. The number of morpholine rings is 1. The Hall–Kier alpha value is -0.590. The van der Waals surface area contributed by atoms with Gasteiger partial charge in [-0.15, -0.1) is 0 Å². The summed E-state index contributed by atoms with van der Waals surface area (Å²) in [5.74, 6) is 0. The maximum Gasteiger partial charge on any atom is 0.157 e. The van der Waals surface area contributed by atoms with Gasteiger partial charge in [-0.2, -0.15) is 5.26 Å². The molecule has 1 atom stereocenters. The Labute approximate surface area is 73.7 Å². The number of nitrogens with zero attached hydrogens (tertiary/aromatic N) is 1. The SMILES string of the molecule is CCC1(CC)CNCC(C#N)O1. The van der Waals surface area contributed by atoms with Gasteiger partial charge in [0.1, 0.15) is 0 Å². The van der Waals surface area contributed by atoms with Crippen LogP contribution in [0.2, 0.25) is 0 Å². The van der Waals surface area contributed by atoms with Crippen LogP contribution in [0, 0.1) is 11.3 Å². The lowest BCUT2D eigenvalue weighted by atomic mass is 9.95. The van der Waals surface area contributed by atoms with Crippen molar-refractivity contribution in [3.63, 3.8) is 0 Å². The summed E-state index contributed by atoms with van der Waals surface area (Å²) in [7, 11) is 0. The van der Waals surface area contributed by atoms with Crippen LogP contribution in [0.25, 0.3) is 0 Å². The first-order valence-electron chi connectivity index (χ1n) is 4.54. The fourth-order valence-electron chi connectivity index (χ4n) is 1.55. The molecule has 68 valence electrons. The molecular weight excluding hydrogens is 152 g/mol. The molecule has 1 aliphatic rings. The van der Waals surface area contributed by atoms with Crippen molar-refractivity contribution in [2.24, 2.45) is 0 Å². The maximum absolute atomic E-state index is 8.70. The molecule has 1 fully saturated rings. The molecule has 0 aromatic carbocycles. The summed E-state index contributed by atoms with van der Waals surface area (Å²) >= 11 is 0. The third-order valence-electron chi connectivity index (χ3n) is 2.60. The van der Waals surface area contributed by atoms with E-state index >= 15 is 0 Å². The Morgan fingerprint density at radius 1 is 1.58 bits per heavy atom. The molecule has 0 aromatic heterocycles. The fraction of sp³-hybridized carbons (Fsp3) is 0.889. The summed E-state index contributed by atoms with van der Waals surface area (Å²) in [4.78, 5) is 0. The summed E-state index contributed by atoms with van der Waals surface area (Å²) < 4.78 is 5.70. The number of ether oxygens (including phenoxy) is 1. The van der Waals surface area contributed by atoms with Crippen molar-refractivity contribution in [1.29, 1.82) is 5.26 Å². The molecule has 1 rings (SSSR count). The van der Waals surface area contributed by atoms with Gasteiger partial charge in [-0.1, -0.05) is 13.8 Å². The first-order chi connectivity index (χ1) is 5.76. The van der Waals surface area contributed by atoms with Crippen LogP contribution in [0.5, 0.6) is 0 Å². The molecule has 3 heteroatoms. The van der Waals surface area contributed by atoms with E-state index in [-0.39, 0.29) is 11.7 Å². The molecule has 0 bridgehead atoms. The molecule has 0 aliphatic carbocycles. The van der Waals surface area contributed by atoms with E-state index in [0.717, 1.165) is 19.4 Å². The van der Waals surface area contributed by atoms with Gasteiger partial charge in [0, 0.05) is 13.1 Å². The van der Waals surface area contributed by atoms with Crippen LogP contribution in [0.3, 0.4) is 0 Å². The number of hydrogen-bond acceptors (Lipinski definition) is 3. The molecule has 0 saturated carbocycles. The van der Waals surface area contributed by atoms with Gasteiger partial charge in [0.25, 0.3) is 0 Å². The first kappa shape index (κ1) is 9.50. The van der Waals surface area contributed by atoms with E-state index < -0.39 is 0 Å². The molecule has 12 heavy (non-hydrogen) atoms. The number of rotatable bonds is 2. The van der Waals surface area contributed by atoms with Crippen LogP contribution in [0.15, 0.2) is 0 Å². The van der Waals surface area contributed by atoms with E-state index in [9.17, 15) is 0 Å². The summed E-state index contributed by atoms with van der Waals surface area (Å²) in [5, 5.41) is 11.9. The van der Waals surface area contributed by atoms with Crippen molar-refractivity contribution in [2.45, 2.75) is 38.4 Å². The van der Waals surface area contributed by atoms with Crippen LogP contribution >= 0.6 is 0 Å². The van der Waals surface area contributed by atoms with Crippen molar-refractivity contribution in [3.05, 3.63) is 0 Å². The van der Waals surface area contributed by atoms with Gasteiger partial charge < -0.3 is 10.1 Å². The minimum atomic E-state index is -0.265. The average molecular weight is 168 g/mol. The van der Waals surface area contributed by atoms with Crippen molar-refractivity contribution in [1.82, 2.24) is 5.32 Å². The molecule has 0 amide bonds. The van der Waals surface area contributed by atoms with Gasteiger partial charge in [-0.05, 0) is 12.8 Å². The average Bonchev–Trinajstić information content (AvgIpc) is 2.18. The number of nitrogens with one attached hydrogen (secondary N) is 1. The predicted molar refractivity (Wildman–Crippen MR) is 46.7 cm³/mol. The molecule has 3 nitrogen and oxygen atoms in total. The van der Waals surface area contributed by atoms with Crippen LogP contribution in [-0.2, 0) is 4.74 Å². The van der Waals surface area contributed by atoms with E-state index in [1.165, 1.54) is 0 Å². The summed E-state index contributed by atoms with van der Waals surface area (Å²) in [6, 6.07) is 2.14. The third-order valence-corrected chi connectivity index (χ3v) is 2.60. The highest BCUT2D eigenvalue weighted by Crippen LogP contribution is 2.23. The van der Waals surface area contributed by atoms with Crippen molar-refractivity contribution in [2.75, 3.05) is 13.1 Å². The molecule has 1 aliphatic heterocycles. The van der Waals surface area contributed by atoms with Gasteiger partial charge in [0.15, 0.2) is 6.10 Å². The highest BCUT2D eigenvalue weighted by molar-refractivity contribution is 4.95. The zero-order valence-electron chi connectivity index (χ0n) is 7.76. The minimum Gasteiger partial charge on any atom is -0.354 e. The van der Waals surface area contributed by atoms with Crippen LogP contribution < -0.4 is 5.32 Å². The second-order valence-electron chi connectivity index (χ2n) is 3.26. The predicted octanol–water partition coefficient (Wildman–Crippen LogP) is 1.06. The summed E-state index contributed by atoms with van der Waals surface area (Å²) in [5.41, 5.74) is -0.0986. The highest BCUT2D eigenvalue weighted by Gasteiger charge is 2.33. The Morgan fingerprint density at radius 3 is 2.75 bits per heavy atom. The first-order valence-corrected chi connectivity index (χ1v) is 4.54. The second-order valence-corrected chi connectivity index (χ2v) is 3.26. The van der Waals surface area contributed by atoms with Gasteiger partial charge in [0.05, 0.1) is 11.7 Å². The van der Waals surface area contributed by atoms with Gasteiger partial charge in [-0.25, -0.2) is 0 Å². The van der Waals surface area contributed by atoms with E-state index in [2.05, 4.69) is 25.2 Å². The van der Waals surface area contributed by atoms with E-state index in [1.807, 2.05) is 0 Å². The molecule has 1 saturated heterocycles. The van der Waals surface area contributed by atoms with Crippen LogP contribution in [0.1, 0.15) is 26.7 Å². The van der Waals surface area contributed by atoms with E-state index in [4.69, 9.17) is 10.00 Å². The molecule has 0 radical (unpaired) electrons. The lowest BCUT2D eigenvalue weighted by Gasteiger charge is -2.38. The van der Waals surface area contributed by atoms with Crippen molar-refractivity contribution < 1.29 is 4.74 Å². The van der Waals surface area contributed by atoms with Gasteiger partial charge in [-0.3, -0.25) is 0 Å². The summed E-state index contributed by atoms with van der Waals surface area (Å²) in [6.07, 6.45) is 1.67. The van der Waals surface area contributed by atoms with Crippen molar-refractivity contribution >= 4 is 0 Å². The Kier molecular flexibility index (Phi) is 3.07. The highest BCUT2D eigenvalue weighted by atomic mass is 16.5. The molecule has 0 spiro atoms. The second kappa shape index (κ2) is 3.88. The smallest absolute Gasteiger partial charge is 0.157 e. The molecule has 0 aromatic rings. The Balaban J connectivity index is 2.60. The van der Waals surface area contributed by atoms with Crippen LogP contribution in [-0.4, -0.2) is 24.8 Å². The third kappa shape index (κ3) is 1.77. The fourth-order valence-corrected chi connectivity index (χ4v) is 1.55. The van der Waals surface area contributed by atoms with Gasteiger partial charge in [0.2, 0.25) is 0 Å². The molecule has 1 heterocycles. The molecule has 1 N–H and O–H groups in total. The topological polar surface area (TPSA) is 45.0 Å². The number of hydrogen-bond donors (Lipinski definition) is 1. The standard InChI is InChI=1S/C9H16N2O/c1-3-9(4-2)7-11-6-8(5-10)12-9/h8,11H,3-4,6-7H2,1-2H3. The monoisotopic (exact) mass is 168 g/mol. The van der Waals surface area contributed by atoms with E-state index in [0.29, 0.717) is 6.54 Å². The Morgan fingerprint density at radius 2 is 2.25 bits per heavy atom. The zero-order chi connectivity index (χ0) is 9.03. The largest absolute Gasteiger partial charge is 0.354 e. The quantitative estimate of drug-likeness (QED) is 0.670. The van der Waals surface area contributed by atoms with Gasteiger partial charge >= 0.3 is 0 Å². The normalized spacial score (nSPS) is 27.9. The maximum atomic E-state index is 8.70. The molecular formula is C9H16N2O. The lowest BCUT2D eigenvalue weighted by molar-refractivity contribution is -0.0986. The van der Waals surface area contributed by atoms with Crippen LogP contribution in [0.4, 0.5) is 0 Å². The van der Waals surface area contributed by atoms with E-state index in [1.54, 1.807) is 0 Å². The minimum absolute atomic E-state index is 0.0986. The Bertz CT molecular complexity index is 181. The van der Waals surface area contributed by atoms with Crippen molar-refractivity contribution in [3.8, 4) is 6.07 Å². The number of nitriles is 1. The zero-order valence-corrected chi connectivity index (χ0v) is 7.76. The molecule has 1 unspecified atom stereocenters. The summed E-state index contributed by atoms with van der Waals surface area (Å²) in [6.45, 7) is 5.74.